The summed E-state index contributed by atoms with van der Waals surface area (Å²) < 4.78 is 23.7. The number of aromatic nitrogens is 2. The molecule has 0 saturated carbocycles. The van der Waals surface area contributed by atoms with Crippen molar-refractivity contribution in [2.45, 2.75) is 62.0 Å². The second-order valence-electron chi connectivity index (χ2n) is 14.4. The highest BCUT2D eigenvalue weighted by molar-refractivity contribution is 7.90. The summed E-state index contributed by atoms with van der Waals surface area (Å²) in [5, 5.41) is 8.45. The number of sulfone groups is 1. The Labute approximate surface area is 316 Å². The van der Waals surface area contributed by atoms with Gasteiger partial charge >= 0.3 is 0 Å². The molecule has 5 heterocycles. The van der Waals surface area contributed by atoms with Crippen molar-refractivity contribution in [1.29, 1.82) is 0 Å². The second kappa shape index (κ2) is 15.2. The topological polar surface area (TPSA) is 234 Å². The van der Waals surface area contributed by atoms with Crippen molar-refractivity contribution in [3.8, 4) is 0 Å². The van der Waals surface area contributed by atoms with Gasteiger partial charge in [0.25, 0.3) is 17.7 Å². The average Bonchev–Trinajstić information content (AvgIpc) is 3.39. The molecule has 3 saturated heterocycles. The van der Waals surface area contributed by atoms with Crippen LogP contribution in [0.25, 0.3) is 0 Å². The van der Waals surface area contributed by atoms with E-state index in [1.54, 1.807) is 30.3 Å². The molecule has 55 heavy (non-hydrogen) atoms. The van der Waals surface area contributed by atoms with E-state index in [1.807, 2.05) is 4.90 Å². The Hall–Kier alpha value is -5.75. The van der Waals surface area contributed by atoms with Crippen LogP contribution in [0.5, 0.6) is 0 Å². The Kier molecular flexibility index (Phi) is 10.4. The number of nitrogens with one attached hydrogen (secondary N) is 3. The van der Waals surface area contributed by atoms with E-state index < -0.39 is 45.4 Å². The van der Waals surface area contributed by atoms with Gasteiger partial charge in [-0.1, -0.05) is 6.07 Å². The van der Waals surface area contributed by atoms with Crippen molar-refractivity contribution in [2.24, 2.45) is 11.7 Å². The molecule has 17 nitrogen and oxygen atoms in total. The Morgan fingerprint density at radius 1 is 0.945 bits per heavy atom. The number of likely N-dealkylation sites (tertiary alicyclic amines) is 1. The maximum absolute atomic E-state index is 13.4. The summed E-state index contributed by atoms with van der Waals surface area (Å²) in [6.07, 6.45) is 5.61. The van der Waals surface area contributed by atoms with E-state index >= 15 is 0 Å². The molecule has 3 aromatic rings. The van der Waals surface area contributed by atoms with Crippen LogP contribution in [0.1, 0.15) is 75.3 Å². The summed E-state index contributed by atoms with van der Waals surface area (Å²) in [6.45, 7) is 3.00. The molecule has 5 N–H and O–H groups in total. The summed E-state index contributed by atoms with van der Waals surface area (Å²) in [7, 11) is -3.39. The number of hydrogen-bond acceptors (Lipinski definition) is 13. The number of carbonyl (C=O) groups is 6. The van der Waals surface area contributed by atoms with Crippen LogP contribution < -0.4 is 26.6 Å². The minimum absolute atomic E-state index is 0.0169. The van der Waals surface area contributed by atoms with E-state index in [1.165, 1.54) is 18.3 Å². The highest BCUT2D eigenvalue weighted by atomic mass is 32.2. The number of fused-ring (bicyclic) bond motifs is 1. The molecule has 0 aliphatic carbocycles. The molecule has 0 radical (unpaired) electrons. The fraction of sp³-hybridized carbons (Fsp3) is 0.405. The molecule has 7 rings (SSSR count). The third-order valence-corrected chi connectivity index (χ3v) is 11.6. The van der Waals surface area contributed by atoms with Crippen LogP contribution in [0.15, 0.2) is 53.6 Å². The zero-order valence-electron chi connectivity index (χ0n) is 30.1. The molecule has 2 unspecified atom stereocenters. The van der Waals surface area contributed by atoms with Crippen LogP contribution in [0.2, 0.25) is 0 Å². The summed E-state index contributed by atoms with van der Waals surface area (Å²) >= 11 is 0. The van der Waals surface area contributed by atoms with E-state index in [9.17, 15) is 37.2 Å². The number of nitrogens with zero attached hydrogens (tertiary/aromatic N) is 5. The van der Waals surface area contributed by atoms with Crippen LogP contribution in [0, 0.1) is 5.92 Å². The van der Waals surface area contributed by atoms with E-state index in [-0.39, 0.29) is 58.2 Å². The minimum Gasteiger partial charge on any atom is -0.364 e. The number of hydrogen-bond donors (Lipinski definition) is 4. The normalized spacial score (nSPS) is 21.0. The van der Waals surface area contributed by atoms with Crippen molar-refractivity contribution in [2.75, 3.05) is 42.7 Å². The van der Waals surface area contributed by atoms with Crippen molar-refractivity contribution in [1.82, 2.24) is 30.4 Å². The number of amides is 6. The number of primary amides is 1. The largest absolute Gasteiger partial charge is 0.364 e. The van der Waals surface area contributed by atoms with Gasteiger partial charge in [0.05, 0.1) is 22.2 Å². The standard InChI is InChI=1S/C37H41N9O8S/c1-55(53,54)25-7-5-23(6-8-25)40-33-31(32(38)48)39-18-29(42-33)45-14-2-3-24(20-45)41-34(49)22-12-15-44(16-13-22)19-21-4-9-26-27(17-21)37(52)46(36(26)51)28-10-11-30(47)43-35(28)50/h4-9,17-18,22,24,28H,2-3,10-16,19-20H2,1H3,(H2,38,48)(H,40,42)(H,41,49)(H,43,47,50). The number of rotatable bonds is 10. The lowest BCUT2D eigenvalue weighted by Crippen LogP contribution is -2.54. The molecular formula is C37H41N9O8S. The van der Waals surface area contributed by atoms with Gasteiger partial charge in [0.2, 0.25) is 17.7 Å². The number of benzene rings is 2. The summed E-state index contributed by atoms with van der Waals surface area (Å²) in [5.41, 5.74) is 7.31. The molecule has 0 spiro atoms. The zero-order chi connectivity index (χ0) is 39.0. The molecule has 4 aliphatic rings. The first-order valence-electron chi connectivity index (χ1n) is 18.1. The number of anilines is 3. The molecular weight excluding hydrogens is 731 g/mol. The highest BCUT2D eigenvalue weighted by Crippen LogP contribution is 2.30. The summed E-state index contributed by atoms with van der Waals surface area (Å²) in [5.74, 6) is -2.50. The van der Waals surface area contributed by atoms with E-state index in [0.29, 0.717) is 57.1 Å². The van der Waals surface area contributed by atoms with Crippen LogP contribution in [0.4, 0.5) is 17.3 Å². The summed E-state index contributed by atoms with van der Waals surface area (Å²) in [4.78, 5) is 90.1. The molecule has 18 heteroatoms. The first kappa shape index (κ1) is 37.6. The lowest BCUT2D eigenvalue weighted by Gasteiger charge is -2.36. The molecule has 4 aliphatic heterocycles. The average molecular weight is 772 g/mol. The molecule has 1 aromatic heterocycles. The van der Waals surface area contributed by atoms with Gasteiger partial charge < -0.3 is 21.3 Å². The molecule has 2 atom stereocenters. The number of carbonyl (C=O) groups excluding carboxylic acids is 6. The molecule has 0 bridgehead atoms. The predicted molar refractivity (Wildman–Crippen MR) is 198 cm³/mol. The van der Waals surface area contributed by atoms with Crippen LogP contribution in [-0.2, 0) is 30.8 Å². The van der Waals surface area contributed by atoms with Gasteiger partial charge in [-0.25, -0.2) is 18.4 Å². The second-order valence-corrected chi connectivity index (χ2v) is 16.4. The van der Waals surface area contributed by atoms with Crippen molar-refractivity contribution < 1.29 is 37.2 Å². The highest BCUT2D eigenvalue weighted by Gasteiger charge is 2.44. The van der Waals surface area contributed by atoms with Crippen molar-refractivity contribution in [3.05, 3.63) is 71.0 Å². The van der Waals surface area contributed by atoms with E-state index in [0.717, 1.165) is 29.6 Å². The van der Waals surface area contributed by atoms with Crippen molar-refractivity contribution >= 4 is 62.6 Å². The smallest absolute Gasteiger partial charge is 0.271 e. The first-order valence-corrected chi connectivity index (χ1v) is 20.0. The lowest BCUT2D eigenvalue weighted by molar-refractivity contribution is -0.136. The molecule has 6 amide bonds. The fourth-order valence-electron chi connectivity index (χ4n) is 7.57. The maximum atomic E-state index is 13.4. The van der Waals surface area contributed by atoms with Gasteiger partial charge in [-0.15, -0.1) is 0 Å². The minimum atomic E-state index is -3.39. The Bertz CT molecular complexity index is 2190. The van der Waals surface area contributed by atoms with Gasteiger partial charge in [0, 0.05) is 50.0 Å². The third kappa shape index (κ3) is 8.05. The van der Waals surface area contributed by atoms with Crippen LogP contribution in [0.3, 0.4) is 0 Å². The predicted octanol–water partition coefficient (Wildman–Crippen LogP) is 1.12. The lowest BCUT2D eigenvalue weighted by atomic mass is 9.94. The SMILES string of the molecule is CS(=O)(=O)c1ccc(Nc2nc(N3CCCC(NC(=O)C4CCN(Cc5ccc6c(c5)C(=O)N(C5CCC(=O)NC5=O)C6=O)CC4)C3)cnc2C(N)=O)cc1. The Morgan fingerprint density at radius 2 is 1.67 bits per heavy atom. The van der Waals surface area contributed by atoms with Gasteiger partial charge in [-0.05, 0) is 87.2 Å². The van der Waals surface area contributed by atoms with Gasteiger partial charge in [0.15, 0.2) is 21.3 Å². The van der Waals surface area contributed by atoms with Gasteiger partial charge in [0.1, 0.15) is 11.9 Å². The molecule has 2 aromatic carbocycles. The summed E-state index contributed by atoms with van der Waals surface area (Å²) in [6, 6.07) is 9.97. The molecule has 3 fully saturated rings. The van der Waals surface area contributed by atoms with E-state index in [2.05, 4.69) is 30.8 Å². The maximum Gasteiger partial charge on any atom is 0.271 e. The van der Waals surface area contributed by atoms with E-state index in [4.69, 9.17) is 5.73 Å². The third-order valence-electron chi connectivity index (χ3n) is 10.5. The van der Waals surface area contributed by atoms with Crippen molar-refractivity contribution in [3.63, 3.8) is 0 Å². The zero-order valence-corrected chi connectivity index (χ0v) is 30.9. The number of imide groups is 2. The first-order chi connectivity index (χ1) is 26.2. The van der Waals surface area contributed by atoms with Gasteiger partial charge in [-0.2, -0.15) is 0 Å². The molecule has 288 valence electrons. The monoisotopic (exact) mass is 771 g/mol. The Morgan fingerprint density at radius 3 is 2.36 bits per heavy atom. The number of nitrogens with two attached hydrogens (primary N) is 1. The number of piperidine rings is 3. The quantitative estimate of drug-likeness (QED) is 0.212. The van der Waals surface area contributed by atoms with Crippen LogP contribution >= 0.6 is 0 Å². The van der Waals surface area contributed by atoms with Crippen LogP contribution in [-0.4, -0.2) is 108 Å². The Balaban J connectivity index is 0.925. The van der Waals surface area contributed by atoms with Gasteiger partial charge in [-0.3, -0.25) is 43.9 Å². The fourth-order valence-corrected chi connectivity index (χ4v) is 8.20.